The first-order chi connectivity index (χ1) is 9.77. The number of sulfonamides is 1. The standard InChI is InChI=1S/C12H14F4N2O2S.ClH/c13-7-4-8(14)11(16)12(10(7)15)21(19,20)18-9-3-1-2-6(9)5-17;/h4,6,9,18H,1-3,5,17H2;1H. The monoisotopic (exact) mass is 362 g/mol. The first-order valence-corrected chi connectivity index (χ1v) is 7.81. The number of benzene rings is 1. The second-order valence-corrected chi connectivity index (χ2v) is 6.60. The summed E-state index contributed by atoms with van der Waals surface area (Å²) in [5.74, 6) is -7.59. The summed E-state index contributed by atoms with van der Waals surface area (Å²) in [5, 5.41) is 0. The Labute approximate surface area is 131 Å². The molecule has 2 unspecified atom stereocenters. The van der Waals surface area contributed by atoms with Gasteiger partial charge in [0.1, 0.15) is 0 Å². The van der Waals surface area contributed by atoms with Crippen LogP contribution in [0.1, 0.15) is 19.3 Å². The van der Waals surface area contributed by atoms with E-state index in [2.05, 4.69) is 4.72 Å². The van der Waals surface area contributed by atoms with Gasteiger partial charge in [0.25, 0.3) is 0 Å². The molecule has 0 amide bonds. The van der Waals surface area contributed by atoms with Gasteiger partial charge in [0, 0.05) is 12.1 Å². The number of halogens is 5. The summed E-state index contributed by atoms with van der Waals surface area (Å²) in [5.41, 5.74) is 5.49. The molecule has 4 nitrogen and oxygen atoms in total. The number of hydrogen-bond donors (Lipinski definition) is 2. The van der Waals surface area contributed by atoms with Gasteiger partial charge in [-0.15, -0.1) is 12.4 Å². The predicted octanol–water partition coefficient (Wildman–Crippen LogP) is 2.07. The molecule has 1 saturated carbocycles. The fourth-order valence-corrected chi connectivity index (χ4v) is 4.01. The summed E-state index contributed by atoms with van der Waals surface area (Å²) in [6.45, 7) is 0.204. The van der Waals surface area contributed by atoms with E-state index in [1.807, 2.05) is 0 Å². The largest absolute Gasteiger partial charge is 0.330 e. The van der Waals surface area contributed by atoms with E-state index in [1.165, 1.54) is 0 Å². The molecule has 1 aromatic carbocycles. The molecule has 1 aromatic rings. The van der Waals surface area contributed by atoms with Gasteiger partial charge >= 0.3 is 0 Å². The van der Waals surface area contributed by atoms with Crippen LogP contribution in [-0.2, 0) is 10.0 Å². The average Bonchev–Trinajstić information content (AvgIpc) is 2.82. The van der Waals surface area contributed by atoms with Crippen LogP contribution in [0, 0.1) is 29.2 Å². The zero-order valence-electron chi connectivity index (χ0n) is 11.3. The lowest BCUT2D eigenvalue weighted by Crippen LogP contribution is -2.40. The molecule has 0 radical (unpaired) electrons. The first kappa shape index (κ1) is 19.1. The van der Waals surface area contributed by atoms with Gasteiger partial charge in [0.2, 0.25) is 10.0 Å². The zero-order chi connectivity index (χ0) is 15.8. The van der Waals surface area contributed by atoms with Crippen molar-refractivity contribution in [2.24, 2.45) is 11.7 Å². The van der Waals surface area contributed by atoms with Crippen LogP contribution in [0.4, 0.5) is 17.6 Å². The van der Waals surface area contributed by atoms with E-state index in [0.29, 0.717) is 19.3 Å². The van der Waals surface area contributed by atoms with E-state index in [1.54, 1.807) is 0 Å². The van der Waals surface area contributed by atoms with Crippen LogP contribution in [0.5, 0.6) is 0 Å². The highest BCUT2D eigenvalue weighted by Crippen LogP contribution is 2.28. The summed E-state index contributed by atoms with van der Waals surface area (Å²) >= 11 is 0. The van der Waals surface area contributed by atoms with Gasteiger partial charge in [-0.05, 0) is 25.3 Å². The van der Waals surface area contributed by atoms with Crippen LogP contribution in [0.25, 0.3) is 0 Å². The van der Waals surface area contributed by atoms with E-state index < -0.39 is 44.2 Å². The Bertz CT molecular complexity index is 631. The highest BCUT2D eigenvalue weighted by Gasteiger charge is 2.35. The van der Waals surface area contributed by atoms with E-state index >= 15 is 0 Å². The van der Waals surface area contributed by atoms with Crippen LogP contribution in [0.3, 0.4) is 0 Å². The molecule has 126 valence electrons. The number of nitrogens with two attached hydrogens (primary N) is 1. The molecule has 0 aromatic heterocycles. The maximum absolute atomic E-state index is 13.6. The van der Waals surface area contributed by atoms with E-state index in [0.717, 1.165) is 0 Å². The molecular weight excluding hydrogens is 348 g/mol. The third-order valence-corrected chi connectivity index (χ3v) is 5.12. The maximum atomic E-state index is 13.6. The fraction of sp³-hybridized carbons (Fsp3) is 0.500. The second-order valence-electron chi connectivity index (χ2n) is 4.95. The third kappa shape index (κ3) is 3.53. The zero-order valence-corrected chi connectivity index (χ0v) is 12.9. The Morgan fingerprint density at radius 3 is 2.18 bits per heavy atom. The molecule has 0 spiro atoms. The van der Waals surface area contributed by atoms with E-state index in [9.17, 15) is 26.0 Å². The first-order valence-electron chi connectivity index (χ1n) is 6.33. The minimum absolute atomic E-state index is 0. The summed E-state index contributed by atoms with van der Waals surface area (Å²) in [4.78, 5) is -1.64. The van der Waals surface area contributed by atoms with Crippen molar-refractivity contribution in [3.05, 3.63) is 29.3 Å². The summed E-state index contributed by atoms with van der Waals surface area (Å²) in [6.07, 6.45) is 1.83. The average molecular weight is 363 g/mol. The van der Waals surface area contributed by atoms with E-state index in [4.69, 9.17) is 5.73 Å². The minimum atomic E-state index is -4.73. The van der Waals surface area contributed by atoms with Crippen molar-refractivity contribution in [1.82, 2.24) is 4.72 Å². The third-order valence-electron chi connectivity index (χ3n) is 3.61. The predicted molar refractivity (Wildman–Crippen MR) is 74.0 cm³/mol. The van der Waals surface area contributed by atoms with Gasteiger partial charge in [-0.1, -0.05) is 6.42 Å². The highest BCUT2D eigenvalue weighted by atomic mass is 35.5. The van der Waals surface area contributed by atoms with Gasteiger partial charge in [-0.2, -0.15) is 0 Å². The molecule has 1 fully saturated rings. The molecule has 0 bridgehead atoms. The van der Waals surface area contributed by atoms with Crippen LogP contribution in [0.15, 0.2) is 11.0 Å². The molecule has 22 heavy (non-hydrogen) atoms. The van der Waals surface area contributed by atoms with Gasteiger partial charge in [0.15, 0.2) is 28.2 Å². The van der Waals surface area contributed by atoms with Gasteiger partial charge < -0.3 is 5.73 Å². The van der Waals surface area contributed by atoms with Crippen molar-refractivity contribution in [3.63, 3.8) is 0 Å². The molecule has 3 N–H and O–H groups in total. The Morgan fingerprint density at radius 1 is 1.14 bits per heavy atom. The van der Waals surface area contributed by atoms with Crippen molar-refractivity contribution in [3.8, 4) is 0 Å². The van der Waals surface area contributed by atoms with Crippen molar-refractivity contribution in [1.29, 1.82) is 0 Å². The summed E-state index contributed by atoms with van der Waals surface area (Å²) in [7, 11) is -4.73. The Kier molecular flexibility index (Phi) is 6.19. The van der Waals surface area contributed by atoms with Gasteiger partial charge in [-0.25, -0.2) is 30.7 Å². The SMILES string of the molecule is Cl.NCC1CCCC1NS(=O)(=O)c1c(F)c(F)cc(F)c1F. The normalized spacial score (nSPS) is 21.7. The molecule has 0 heterocycles. The minimum Gasteiger partial charge on any atom is -0.330 e. The molecule has 1 aliphatic rings. The van der Waals surface area contributed by atoms with Crippen LogP contribution in [-0.4, -0.2) is 21.0 Å². The molecule has 10 heteroatoms. The molecular formula is C12H15ClF4N2O2S. The van der Waals surface area contributed by atoms with Gasteiger partial charge in [-0.3, -0.25) is 0 Å². The number of rotatable bonds is 4. The Morgan fingerprint density at radius 2 is 1.68 bits per heavy atom. The Hall–Kier alpha value is -0.900. The van der Waals surface area contributed by atoms with Crippen molar-refractivity contribution in [2.75, 3.05) is 6.54 Å². The second kappa shape index (κ2) is 7.12. The van der Waals surface area contributed by atoms with E-state index in [-0.39, 0.29) is 30.9 Å². The lowest BCUT2D eigenvalue weighted by Gasteiger charge is -2.20. The van der Waals surface area contributed by atoms with Crippen LogP contribution in [0.2, 0.25) is 0 Å². The van der Waals surface area contributed by atoms with Crippen LogP contribution < -0.4 is 10.5 Å². The Balaban J connectivity index is 0.00000242. The van der Waals surface area contributed by atoms with Crippen molar-refractivity contribution >= 4 is 22.4 Å². The smallest absolute Gasteiger partial charge is 0.246 e. The van der Waals surface area contributed by atoms with Crippen molar-refractivity contribution < 1.29 is 26.0 Å². The fourth-order valence-electron chi connectivity index (χ4n) is 2.52. The lowest BCUT2D eigenvalue weighted by molar-refractivity contribution is 0.411. The van der Waals surface area contributed by atoms with Gasteiger partial charge in [0.05, 0.1) is 0 Å². The maximum Gasteiger partial charge on any atom is 0.246 e. The number of nitrogens with one attached hydrogen (secondary N) is 1. The number of hydrogen-bond acceptors (Lipinski definition) is 3. The molecule has 2 rings (SSSR count). The molecule has 2 atom stereocenters. The molecule has 1 aliphatic carbocycles. The molecule has 0 saturated heterocycles. The summed E-state index contributed by atoms with van der Waals surface area (Å²) < 4.78 is 79.5. The van der Waals surface area contributed by atoms with Crippen molar-refractivity contribution in [2.45, 2.75) is 30.2 Å². The van der Waals surface area contributed by atoms with Crippen LogP contribution >= 0.6 is 12.4 Å². The topological polar surface area (TPSA) is 72.2 Å². The lowest BCUT2D eigenvalue weighted by atomic mass is 10.1. The highest BCUT2D eigenvalue weighted by molar-refractivity contribution is 7.89. The quantitative estimate of drug-likeness (QED) is 0.636. The molecule has 0 aliphatic heterocycles. The summed E-state index contributed by atoms with van der Waals surface area (Å²) in [6, 6.07) is -0.646.